The van der Waals surface area contributed by atoms with Gasteiger partial charge in [-0.25, -0.2) is 18.6 Å². The van der Waals surface area contributed by atoms with E-state index >= 15 is 0 Å². The van der Waals surface area contributed by atoms with Crippen LogP contribution in [0.1, 0.15) is 22.8 Å². The van der Waals surface area contributed by atoms with Crippen LogP contribution < -0.4 is 14.5 Å². The number of carboxylic acids is 1. The highest BCUT2D eigenvalue weighted by molar-refractivity contribution is 7.92. The number of hydrogen-bond acceptors (Lipinski definition) is 6. The van der Waals surface area contributed by atoms with E-state index in [1.165, 1.54) is 37.4 Å². The van der Waals surface area contributed by atoms with Crippen LogP contribution in [-0.2, 0) is 14.8 Å². The normalized spacial score (nSPS) is 12.2. The molecule has 1 atom stereocenters. The van der Waals surface area contributed by atoms with Crippen molar-refractivity contribution in [1.29, 1.82) is 0 Å². The van der Waals surface area contributed by atoms with E-state index in [-0.39, 0.29) is 5.56 Å². The van der Waals surface area contributed by atoms with Crippen molar-refractivity contribution in [3.05, 3.63) is 90.0 Å². The minimum absolute atomic E-state index is 0.124. The predicted octanol–water partition coefficient (Wildman–Crippen LogP) is 3.48. The van der Waals surface area contributed by atoms with Gasteiger partial charge in [0.05, 0.1) is 23.7 Å². The van der Waals surface area contributed by atoms with Gasteiger partial charge in [0.25, 0.3) is 5.91 Å². The number of aromatic carboxylic acids is 1. The van der Waals surface area contributed by atoms with Gasteiger partial charge in [-0.2, -0.15) is 5.10 Å². The Morgan fingerprint density at radius 1 is 0.971 bits per heavy atom. The highest BCUT2D eigenvalue weighted by atomic mass is 32.2. The maximum atomic E-state index is 12.6. The molecule has 0 heterocycles. The van der Waals surface area contributed by atoms with Crippen LogP contribution >= 0.6 is 0 Å². The van der Waals surface area contributed by atoms with Crippen LogP contribution in [0.25, 0.3) is 0 Å². The van der Waals surface area contributed by atoms with E-state index in [9.17, 15) is 18.0 Å². The first kappa shape index (κ1) is 24.5. The van der Waals surface area contributed by atoms with Crippen molar-refractivity contribution in [2.24, 2.45) is 5.10 Å². The minimum Gasteiger partial charge on any atom is -0.478 e. The van der Waals surface area contributed by atoms with Crippen molar-refractivity contribution in [1.82, 2.24) is 5.43 Å². The Kier molecular flexibility index (Phi) is 7.64. The number of para-hydroxylation sites is 1. The average Bonchev–Trinajstić information content (AvgIpc) is 2.80. The Morgan fingerprint density at radius 3 is 2.12 bits per heavy atom. The van der Waals surface area contributed by atoms with Crippen LogP contribution in [0.2, 0.25) is 0 Å². The van der Waals surface area contributed by atoms with E-state index in [0.29, 0.717) is 22.7 Å². The summed E-state index contributed by atoms with van der Waals surface area (Å²) in [6, 6.07) is 20.2. The van der Waals surface area contributed by atoms with E-state index in [1.54, 1.807) is 36.4 Å². The number of nitrogens with one attached hydrogen (secondary N) is 1. The Bertz CT molecular complexity index is 1270. The molecular weight excluding hydrogens is 458 g/mol. The number of carbonyl (C=O) groups excluding carboxylic acids is 1. The number of benzene rings is 3. The fourth-order valence-corrected chi connectivity index (χ4v) is 4.24. The molecule has 0 unspecified atom stereocenters. The highest BCUT2D eigenvalue weighted by Crippen LogP contribution is 2.26. The van der Waals surface area contributed by atoms with Gasteiger partial charge < -0.3 is 9.84 Å². The number of nitrogens with zero attached hydrogens (tertiary/aromatic N) is 2. The third-order valence-electron chi connectivity index (χ3n) is 4.70. The molecular formula is C24H23N3O6S. The molecule has 2 N–H and O–H groups in total. The van der Waals surface area contributed by atoms with Gasteiger partial charge >= 0.3 is 5.97 Å². The van der Waals surface area contributed by atoms with E-state index < -0.39 is 27.9 Å². The number of hydrazone groups is 1. The molecule has 1 amide bonds. The number of anilines is 1. The van der Waals surface area contributed by atoms with Gasteiger partial charge in [0.2, 0.25) is 10.0 Å². The van der Waals surface area contributed by atoms with Crippen molar-refractivity contribution in [2.45, 2.75) is 13.0 Å². The second-order valence-electron chi connectivity index (χ2n) is 7.31. The molecule has 9 nitrogen and oxygen atoms in total. The van der Waals surface area contributed by atoms with E-state index in [0.717, 1.165) is 10.6 Å². The highest BCUT2D eigenvalue weighted by Gasteiger charge is 2.29. The summed E-state index contributed by atoms with van der Waals surface area (Å²) in [5, 5.41) is 12.8. The molecule has 0 aliphatic carbocycles. The Labute approximate surface area is 197 Å². The zero-order chi connectivity index (χ0) is 24.7. The number of ether oxygens (including phenoxy) is 1. The SMILES string of the molecule is C[C@H](C(=O)N/N=C\c1ccc(C(=O)O)cc1)N(c1ccc(Oc2ccccc2)cc1)S(C)(=O)=O. The molecule has 0 fully saturated rings. The molecule has 0 spiro atoms. The fraction of sp³-hybridized carbons (Fsp3) is 0.125. The quantitative estimate of drug-likeness (QED) is 0.356. The van der Waals surface area contributed by atoms with Gasteiger partial charge in [-0.1, -0.05) is 30.3 Å². The topological polar surface area (TPSA) is 125 Å². The first-order valence-electron chi connectivity index (χ1n) is 10.1. The summed E-state index contributed by atoms with van der Waals surface area (Å²) in [5.41, 5.74) is 3.29. The van der Waals surface area contributed by atoms with Crippen molar-refractivity contribution in [3.8, 4) is 11.5 Å². The smallest absolute Gasteiger partial charge is 0.335 e. The molecule has 10 heteroatoms. The molecule has 0 bridgehead atoms. The first-order chi connectivity index (χ1) is 16.1. The van der Waals surface area contributed by atoms with Crippen molar-refractivity contribution < 1.29 is 27.9 Å². The second-order valence-corrected chi connectivity index (χ2v) is 9.16. The molecule has 3 aromatic carbocycles. The Balaban J connectivity index is 1.70. The number of carboxylic acid groups (broad SMARTS) is 1. The van der Waals surface area contributed by atoms with Gasteiger partial charge in [-0.3, -0.25) is 9.10 Å². The lowest BCUT2D eigenvalue weighted by molar-refractivity contribution is -0.121. The minimum atomic E-state index is -3.80. The lowest BCUT2D eigenvalue weighted by Crippen LogP contribution is -2.46. The lowest BCUT2D eigenvalue weighted by Gasteiger charge is -2.27. The third kappa shape index (κ3) is 6.42. The molecule has 176 valence electrons. The first-order valence-corrected chi connectivity index (χ1v) is 12.0. The summed E-state index contributed by atoms with van der Waals surface area (Å²) in [5.74, 6) is -0.544. The zero-order valence-corrected chi connectivity index (χ0v) is 19.3. The van der Waals surface area contributed by atoms with Gasteiger partial charge in [0, 0.05) is 0 Å². The van der Waals surface area contributed by atoms with Crippen LogP contribution in [0, 0.1) is 0 Å². The predicted molar refractivity (Wildman–Crippen MR) is 129 cm³/mol. The molecule has 3 rings (SSSR count). The molecule has 0 saturated carbocycles. The lowest BCUT2D eigenvalue weighted by atomic mass is 10.1. The summed E-state index contributed by atoms with van der Waals surface area (Å²) < 4.78 is 31.6. The van der Waals surface area contributed by atoms with Gasteiger partial charge in [-0.05, 0) is 61.0 Å². The van der Waals surface area contributed by atoms with E-state index in [2.05, 4.69) is 10.5 Å². The van der Waals surface area contributed by atoms with Crippen LogP contribution in [-0.4, -0.2) is 43.9 Å². The van der Waals surface area contributed by atoms with Gasteiger partial charge in [0.15, 0.2) is 0 Å². The second kappa shape index (κ2) is 10.6. The van der Waals surface area contributed by atoms with Gasteiger partial charge in [0.1, 0.15) is 17.5 Å². The van der Waals surface area contributed by atoms with Crippen molar-refractivity contribution in [2.75, 3.05) is 10.6 Å². The molecule has 0 aliphatic rings. The Morgan fingerprint density at radius 2 is 1.56 bits per heavy atom. The number of carbonyl (C=O) groups is 2. The molecule has 0 aromatic heterocycles. The molecule has 3 aromatic rings. The number of sulfonamides is 1. The van der Waals surface area contributed by atoms with E-state index in [4.69, 9.17) is 9.84 Å². The average molecular weight is 482 g/mol. The van der Waals surface area contributed by atoms with Crippen LogP contribution in [0.3, 0.4) is 0 Å². The number of hydrogen-bond donors (Lipinski definition) is 2. The summed E-state index contributed by atoms with van der Waals surface area (Å²) in [7, 11) is -3.80. The maximum Gasteiger partial charge on any atom is 0.335 e. The zero-order valence-electron chi connectivity index (χ0n) is 18.5. The van der Waals surface area contributed by atoms with Crippen molar-refractivity contribution >= 4 is 33.8 Å². The maximum absolute atomic E-state index is 12.6. The molecule has 0 radical (unpaired) electrons. The summed E-state index contributed by atoms with van der Waals surface area (Å²) >= 11 is 0. The largest absolute Gasteiger partial charge is 0.478 e. The summed E-state index contributed by atoms with van der Waals surface area (Å²) in [6.07, 6.45) is 2.34. The molecule has 34 heavy (non-hydrogen) atoms. The van der Waals surface area contributed by atoms with Crippen LogP contribution in [0.4, 0.5) is 5.69 Å². The summed E-state index contributed by atoms with van der Waals surface area (Å²) in [6.45, 7) is 1.45. The summed E-state index contributed by atoms with van der Waals surface area (Å²) in [4.78, 5) is 23.5. The van der Waals surface area contributed by atoms with E-state index in [1.807, 2.05) is 18.2 Å². The van der Waals surface area contributed by atoms with Gasteiger partial charge in [-0.15, -0.1) is 0 Å². The monoisotopic (exact) mass is 481 g/mol. The molecule has 0 saturated heterocycles. The Hall–Kier alpha value is -4.18. The molecule has 0 aliphatic heterocycles. The van der Waals surface area contributed by atoms with Crippen LogP contribution in [0.15, 0.2) is 84.0 Å². The third-order valence-corrected chi connectivity index (χ3v) is 5.95. The fourth-order valence-electron chi connectivity index (χ4n) is 3.07. The number of rotatable bonds is 9. The van der Waals surface area contributed by atoms with Crippen LogP contribution in [0.5, 0.6) is 11.5 Å². The standard InChI is InChI=1S/C24H23N3O6S/c1-17(23(28)26-25-16-18-8-10-19(11-9-18)24(29)30)27(34(2,31)32)20-12-14-22(15-13-20)33-21-6-4-3-5-7-21/h3-17H,1-2H3,(H,26,28)(H,29,30)/b25-16-/t17-/m1/s1. The van der Waals surface area contributed by atoms with Crippen molar-refractivity contribution in [3.63, 3.8) is 0 Å². The number of amides is 1.